The van der Waals surface area contributed by atoms with Gasteiger partial charge in [0.05, 0.1) is 28.9 Å². The van der Waals surface area contributed by atoms with E-state index in [1.165, 1.54) is 6.92 Å². The van der Waals surface area contributed by atoms with Crippen molar-refractivity contribution in [1.29, 1.82) is 0 Å². The molecule has 0 rings (SSSR count). The zero-order valence-electron chi connectivity index (χ0n) is 6.48. The second kappa shape index (κ2) is 5.48. The summed E-state index contributed by atoms with van der Waals surface area (Å²) in [5.74, 6) is -0.160. The summed E-state index contributed by atoms with van der Waals surface area (Å²) < 4.78 is 2.42. The van der Waals surface area contributed by atoms with Crippen LogP contribution in [0.1, 0.15) is 13.3 Å². The minimum Gasteiger partial charge on any atom is -0.310 e. The molecule has 0 saturated heterocycles. The highest BCUT2D eigenvalue weighted by Crippen LogP contribution is 1.93. The molecule has 1 unspecified atom stereocenters. The standard InChI is InChI=1S/C6H11IN2O2/c1-4(10)5(8-2)3-6(11)9-7/h5,8H,3H2,1-2H3,(H,9,11). The molecule has 5 heteroatoms. The Morgan fingerprint density at radius 2 is 2.09 bits per heavy atom. The van der Waals surface area contributed by atoms with Crippen molar-refractivity contribution in [3.8, 4) is 0 Å². The van der Waals surface area contributed by atoms with Gasteiger partial charge in [-0.2, -0.15) is 0 Å². The summed E-state index contributed by atoms with van der Waals surface area (Å²) in [6.07, 6.45) is 0.203. The van der Waals surface area contributed by atoms with E-state index in [0.29, 0.717) is 0 Å². The molecule has 1 amide bonds. The second-order valence-corrected chi connectivity index (χ2v) is 2.71. The molecule has 11 heavy (non-hydrogen) atoms. The first kappa shape index (κ1) is 10.8. The van der Waals surface area contributed by atoms with E-state index in [1.54, 1.807) is 29.9 Å². The van der Waals surface area contributed by atoms with E-state index in [1.807, 2.05) is 0 Å². The number of carbonyl (C=O) groups excluding carboxylic acids is 2. The Morgan fingerprint density at radius 3 is 2.36 bits per heavy atom. The van der Waals surface area contributed by atoms with Gasteiger partial charge in [-0.05, 0) is 14.0 Å². The maximum absolute atomic E-state index is 10.8. The van der Waals surface area contributed by atoms with Crippen LogP contribution >= 0.6 is 22.9 Å². The molecule has 0 saturated carbocycles. The van der Waals surface area contributed by atoms with Crippen molar-refractivity contribution in [1.82, 2.24) is 8.85 Å². The Kier molecular flexibility index (Phi) is 5.39. The molecule has 0 fully saturated rings. The minimum atomic E-state index is -0.357. The Hall–Kier alpha value is -0.170. The fourth-order valence-electron chi connectivity index (χ4n) is 0.673. The summed E-state index contributed by atoms with van der Waals surface area (Å²) in [7, 11) is 1.66. The van der Waals surface area contributed by atoms with Crippen LogP contribution in [0.3, 0.4) is 0 Å². The summed E-state index contributed by atoms with van der Waals surface area (Å²) >= 11 is 1.75. The number of halogens is 1. The molecule has 0 aliphatic rings. The number of amides is 1. The van der Waals surface area contributed by atoms with Gasteiger partial charge in [0, 0.05) is 6.42 Å². The number of hydrogen-bond donors (Lipinski definition) is 2. The number of likely N-dealkylation sites (N-methyl/N-ethyl adjacent to an activating group) is 1. The van der Waals surface area contributed by atoms with Crippen LogP contribution in [0.2, 0.25) is 0 Å². The molecular weight excluding hydrogens is 259 g/mol. The van der Waals surface area contributed by atoms with Crippen LogP contribution in [0.5, 0.6) is 0 Å². The number of hydrogen-bond acceptors (Lipinski definition) is 3. The van der Waals surface area contributed by atoms with E-state index in [0.717, 1.165) is 0 Å². The van der Waals surface area contributed by atoms with E-state index in [4.69, 9.17) is 0 Å². The Balaban J connectivity index is 3.88. The van der Waals surface area contributed by atoms with Gasteiger partial charge in [0.15, 0.2) is 0 Å². The summed E-state index contributed by atoms with van der Waals surface area (Å²) in [5.41, 5.74) is 0. The number of carbonyl (C=O) groups is 2. The third-order valence-corrected chi connectivity index (χ3v) is 1.94. The quantitative estimate of drug-likeness (QED) is 0.559. The molecule has 1 atom stereocenters. The maximum Gasteiger partial charge on any atom is 0.230 e. The van der Waals surface area contributed by atoms with Gasteiger partial charge in [-0.3, -0.25) is 13.1 Å². The SMILES string of the molecule is CNC(CC(=O)NI)C(C)=O. The lowest BCUT2D eigenvalue weighted by atomic mass is 10.1. The van der Waals surface area contributed by atoms with Gasteiger partial charge in [0.2, 0.25) is 5.91 Å². The van der Waals surface area contributed by atoms with Gasteiger partial charge < -0.3 is 5.32 Å². The highest BCUT2D eigenvalue weighted by molar-refractivity contribution is 14.1. The first-order chi connectivity index (χ1) is 5.11. The molecule has 0 aromatic rings. The monoisotopic (exact) mass is 270 g/mol. The molecule has 0 heterocycles. The number of ketones is 1. The van der Waals surface area contributed by atoms with Crippen molar-refractivity contribution < 1.29 is 9.59 Å². The van der Waals surface area contributed by atoms with Crippen molar-refractivity contribution in [3.63, 3.8) is 0 Å². The van der Waals surface area contributed by atoms with Crippen LogP contribution in [0.4, 0.5) is 0 Å². The van der Waals surface area contributed by atoms with Crippen molar-refractivity contribution in [2.75, 3.05) is 7.05 Å². The van der Waals surface area contributed by atoms with Crippen LogP contribution in [-0.4, -0.2) is 24.8 Å². The van der Waals surface area contributed by atoms with Crippen LogP contribution in [0.25, 0.3) is 0 Å². The zero-order chi connectivity index (χ0) is 8.85. The predicted molar refractivity (Wildman–Crippen MR) is 50.3 cm³/mol. The Bertz CT molecular complexity index is 161. The van der Waals surface area contributed by atoms with Crippen molar-refractivity contribution in [2.45, 2.75) is 19.4 Å². The van der Waals surface area contributed by atoms with Crippen LogP contribution in [-0.2, 0) is 9.59 Å². The Morgan fingerprint density at radius 1 is 1.55 bits per heavy atom. The van der Waals surface area contributed by atoms with Crippen molar-refractivity contribution in [3.05, 3.63) is 0 Å². The fourth-order valence-corrected chi connectivity index (χ4v) is 0.893. The smallest absolute Gasteiger partial charge is 0.230 e. The molecule has 64 valence electrons. The second-order valence-electron chi connectivity index (χ2n) is 2.17. The number of nitrogens with one attached hydrogen (secondary N) is 2. The molecule has 0 aromatic carbocycles. The van der Waals surface area contributed by atoms with Crippen LogP contribution in [0.15, 0.2) is 0 Å². The van der Waals surface area contributed by atoms with Gasteiger partial charge >= 0.3 is 0 Å². The van der Waals surface area contributed by atoms with Gasteiger partial charge in [-0.1, -0.05) is 0 Å². The largest absolute Gasteiger partial charge is 0.310 e. The molecule has 0 spiro atoms. The van der Waals surface area contributed by atoms with E-state index in [9.17, 15) is 9.59 Å². The summed E-state index contributed by atoms with van der Waals surface area (Å²) in [5, 5.41) is 2.75. The molecule has 0 radical (unpaired) electrons. The van der Waals surface area contributed by atoms with E-state index in [-0.39, 0.29) is 24.2 Å². The summed E-state index contributed by atoms with van der Waals surface area (Å²) in [6.45, 7) is 1.46. The van der Waals surface area contributed by atoms with Crippen molar-refractivity contribution >= 4 is 34.6 Å². The average molecular weight is 270 g/mol. The summed E-state index contributed by atoms with van der Waals surface area (Å²) in [4.78, 5) is 21.6. The Labute approximate surface area is 79.6 Å². The van der Waals surface area contributed by atoms with Gasteiger partial charge in [-0.15, -0.1) is 0 Å². The number of rotatable bonds is 4. The third kappa shape index (κ3) is 4.31. The first-order valence-electron chi connectivity index (χ1n) is 3.19. The first-order valence-corrected chi connectivity index (χ1v) is 4.27. The normalized spacial score (nSPS) is 12.3. The van der Waals surface area contributed by atoms with E-state index >= 15 is 0 Å². The molecule has 0 aliphatic carbocycles. The van der Waals surface area contributed by atoms with Crippen molar-refractivity contribution in [2.24, 2.45) is 0 Å². The lowest BCUT2D eigenvalue weighted by molar-refractivity contribution is -0.124. The lowest BCUT2D eigenvalue weighted by Gasteiger charge is -2.09. The van der Waals surface area contributed by atoms with Gasteiger partial charge in [-0.25, -0.2) is 0 Å². The zero-order valence-corrected chi connectivity index (χ0v) is 8.64. The minimum absolute atomic E-state index is 0.0208. The maximum atomic E-state index is 10.8. The molecular formula is C6H11IN2O2. The van der Waals surface area contributed by atoms with E-state index in [2.05, 4.69) is 8.85 Å². The average Bonchev–Trinajstić information content (AvgIpc) is 1.99. The highest BCUT2D eigenvalue weighted by Gasteiger charge is 2.14. The topological polar surface area (TPSA) is 58.2 Å². The fraction of sp³-hybridized carbons (Fsp3) is 0.667. The molecule has 2 N–H and O–H groups in total. The number of Topliss-reactive ketones (excluding diaryl/α,β-unsaturated/α-hetero) is 1. The van der Waals surface area contributed by atoms with E-state index < -0.39 is 0 Å². The van der Waals surface area contributed by atoms with Gasteiger partial charge in [0.25, 0.3) is 0 Å². The molecule has 0 aliphatic heterocycles. The highest BCUT2D eigenvalue weighted by atomic mass is 127. The molecule has 0 aromatic heterocycles. The van der Waals surface area contributed by atoms with Crippen LogP contribution < -0.4 is 8.85 Å². The van der Waals surface area contributed by atoms with Gasteiger partial charge in [0.1, 0.15) is 5.78 Å². The van der Waals surface area contributed by atoms with Crippen LogP contribution in [0, 0.1) is 0 Å². The third-order valence-electron chi connectivity index (χ3n) is 1.33. The predicted octanol–water partition coefficient (Wildman–Crippen LogP) is 0.0197. The summed E-state index contributed by atoms with van der Waals surface area (Å²) in [6, 6.07) is -0.357. The molecule has 4 nitrogen and oxygen atoms in total. The lowest BCUT2D eigenvalue weighted by Crippen LogP contribution is -2.36. The molecule has 0 bridgehead atoms.